The predicted molar refractivity (Wildman–Crippen MR) is 59.8 cm³/mol. The third-order valence-corrected chi connectivity index (χ3v) is 2.00. The zero-order valence-corrected chi connectivity index (χ0v) is 9.59. The van der Waals surface area contributed by atoms with E-state index in [1.807, 2.05) is 0 Å². The summed E-state index contributed by atoms with van der Waals surface area (Å²) in [6, 6.07) is 4.91. The highest BCUT2D eigenvalue weighted by molar-refractivity contribution is 6.28. The summed E-state index contributed by atoms with van der Waals surface area (Å²) in [7, 11) is 0. The van der Waals surface area contributed by atoms with Crippen molar-refractivity contribution >= 4 is 23.1 Å². The number of ether oxygens (including phenoxy) is 1. The molecule has 0 aromatic heterocycles. The number of halogens is 4. The molecular weight excluding hydrogens is 271 g/mol. The molecule has 0 amide bonds. The molecule has 0 saturated heterocycles. The fourth-order valence-electron chi connectivity index (χ4n) is 1.08. The van der Waals surface area contributed by atoms with Crippen LogP contribution in [-0.4, -0.2) is 18.1 Å². The van der Waals surface area contributed by atoms with Gasteiger partial charge in [-0.1, -0.05) is 0 Å². The van der Waals surface area contributed by atoms with E-state index in [-0.39, 0.29) is 23.0 Å². The van der Waals surface area contributed by atoms with Gasteiger partial charge in [-0.15, -0.1) is 24.8 Å². The third kappa shape index (κ3) is 4.14. The Morgan fingerprint density at radius 2 is 2.17 bits per heavy atom. The van der Waals surface area contributed by atoms with Crippen molar-refractivity contribution in [1.29, 1.82) is 5.26 Å². The first-order valence-corrected chi connectivity index (χ1v) is 5.08. The van der Waals surface area contributed by atoms with Gasteiger partial charge in [0.15, 0.2) is 0 Å². The molecule has 0 spiro atoms. The van der Waals surface area contributed by atoms with Crippen molar-refractivity contribution in [2.45, 2.75) is 6.36 Å². The van der Waals surface area contributed by atoms with Crippen LogP contribution in [0.2, 0.25) is 0 Å². The summed E-state index contributed by atoms with van der Waals surface area (Å²) in [6.45, 7) is 0. The molecule has 0 heterocycles. The lowest BCUT2D eigenvalue weighted by molar-refractivity contribution is -0.274. The molecule has 1 aromatic rings. The molecule has 0 atom stereocenters. The molecule has 0 aliphatic carbocycles. The van der Waals surface area contributed by atoms with Gasteiger partial charge in [-0.3, -0.25) is 0 Å². The highest BCUT2D eigenvalue weighted by Crippen LogP contribution is 2.29. The topological polar surface area (TPSA) is 71.4 Å². The number of hydrogen-bond acceptors (Lipinski definition) is 3. The standard InChI is InChI=1S/C10H7ClF3N3O/c11-4-9(16)17-8-3-7(18-10(12,13)14)2-1-6(8)5-15/h1-3H,4H2,(H2,16,17). The average Bonchev–Trinajstić information content (AvgIpc) is 2.27. The predicted octanol–water partition coefficient (Wildman–Crippen LogP) is 2.68. The first-order valence-electron chi connectivity index (χ1n) is 4.54. The number of rotatable bonds is 3. The first kappa shape index (κ1) is 14.1. The van der Waals surface area contributed by atoms with Gasteiger partial charge in [0.05, 0.1) is 17.1 Å². The van der Waals surface area contributed by atoms with Crippen molar-refractivity contribution in [2.75, 3.05) is 5.88 Å². The van der Waals surface area contributed by atoms with Crippen LogP contribution in [0, 0.1) is 11.3 Å². The third-order valence-electron chi connectivity index (χ3n) is 1.72. The van der Waals surface area contributed by atoms with Crippen LogP contribution in [0.1, 0.15) is 5.56 Å². The van der Waals surface area contributed by atoms with Crippen LogP contribution in [0.25, 0.3) is 0 Å². The molecule has 2 N–H and O–H groups in total. The molecule has 0 radical (unpaired) electrons. The Labute approximate surface area is 105 Å². The summed E-state index contributed by atoms with van der Waals surface area (Å²) in [4.78, 5) is 3.73. The van der Waals surface area contributed by atoms with Gasteiger partial charge in [0.25, 0.3) is 0 Å². The summed E-state index contributed by atoms with van der Waals surface area (Å²) < 4.78 is 39.8. The van der Waals surface area contributed by atoms with Crippen molar-refractivity contribution in [1.82, 2.24) is 0 Å². The quantitative estimate of drug-likeness (QED) is 0.524. The summed E-state index contributed by atoms with van der Waals surface area (Å²) in [5.41, 5.74) is 5.39. The average molecular weight is 278 g/mol. The first-order chi connectivity index (χ1) is 8.35. The number of benzene rings is 1. The van der Waals surface area contributed by atoms with Gasteiger partial charge in [0.1, 0.15) is 17.7 Å². The van der Waals surface area contributed by atoms with E-state index in [0.717, 1.165) is 18.2 Å². The van der Waals surface area contributed by atoms with Crippen molar-refractivity contribution in [3.05, 3.63) is 23.8 Å². The summed E-state index contributed by atoms with van der Waals surface area (Å²) >= 11 is 5.39. The summed E-state index contributed by atoms with van der Waals surface area (Å²) in [5.74, 6) is -0.602. The molecule has 0 aliphatic rings. The van der Waals surface area contributed by atoms with E-state index in [9.17, 15) is 13.2 Å². The number of nitrogens with zero attached hydrogens (tertiary/aromatic N) is 2. The molecule has 96 valence electrons. The lowest BCUT2D eigenvalue weighted by Crippen LogP contribution is -2.17. The van der Waals surface area contributed by atoms with E-state index < -0.39 is 12.1 Å². The smallest absolute Gasteiger partial charge is 0.406 e. The molecule has 4 nitrogen and oxygen atoms in total. The number of amidine groups is 1. The van der Waals surface area contributed by atoms with Crippen LogP contribution >= 0.6 is 11.6 Å². The molecule has 1 aromatic carbocycles. The van der Waals surface area contributed by atoms with E-state index in [2.05, 4.69) is 9.73 Å². The van der Waals surface area contributed by atoms with E-state index in [0.29, 0.717) is 0 Å². The van der Waals surface area contributed by atoms with Gasteiger partial charge < -0.3 is 10.5 Å². The van der Waals surface area contributed by atoms with Crippen LogP contribution in [-0.2, 0) is 0 Å². The number of aliphatic imine (C=N–C) groups is 1. The Morgan fingerprint density at radius 1 is 1.50 bits per heavy atom. The minimum absolute atomic E-state index is 0.0164. The number of hydrogen-bond donors (Lipinski definition) is 1. The lowest BCUT2D eigenvalue weighted by Gasteiger charge is -2.09. The second-order valence-corrected chi connectivity index (χ2v) is 3.34. The van der Waals surface area contributed by atoms with Crippen molar-refractivity contribution < 1.29 is 17.9 Å². The number of nitrogens with two attached hydrogens (primary N) is 1. The highest BCUT2D eigenvalue weighted by atomic mass is 35.5. The van der Waals surface area contributed by atoms with Crippen LogP contribution in [0.4, 0.5) is 18.9 Å². The Kier molecular flexibility index (Phi) is 4.39. The Balaban J connectivity index is 3.15. The van der Waals surface area contributed by atoms with Crippen molar-refractivity contribution in [3.8, 4) is 11.8 Å². The van der Waals surface area contributed by atoms with Crippen LogP contribution in [0.3, 0.4) is 0 Å². The van der Waals surface area contributed by atoms with Crippen LogP contribution in [0.5, 0.6) is 5.75 Å². The van der Waals surface area contributed by atoms with Crippen molar-refractivity contribution in [2.24, 2.45) is 10.7 Å². The van der Waals surface area contributed by atoms with E-state index in [4.69, 9.17) is 22.6 Å². The largest absolute Gasteiger partial charge is 0.573 e. The lowest BCUT2D eigenvalue weighted by atomic mass is 10.2. The summed E-state index contributed by atoms with van der Waals surface area (Å²) in [6.07, 6.45) is -4.81. The maximum atomic E-state index is 12.0. The molecule has 0 unspecified atom stereocenters. The van der Waals surface area contributed by atoms with E-state index in [1.165, 1.54) is 0 Å². The van der Waals surface area contributed by atoms with E-state index >= 15 is 0 Å². The van der Waals surface area contributed by atoms with E-state index in [1.54, 1.807) is 6.07 Å². The zero-order valence-electron chi connectivity index (χ0n) is 8.83. The molecule has 18 heavy (non-hydrogen) atoms. The SMILES string of the molecule is N#Cc1ccc(OC(F)(F)F)cc1N=C(N)CCl. The van der Waals surface area contributed by atoms with Gasteiger partial charge in [0, 0.05) is 6.07 Å². The Morgan fingerprint density at radius 3 is 2.67 bits per heavy atom. The van der Waals surface area contributed by atoms with Gasteiger partial charge in [0.2, 0.25) is 0 Å². The second-order valence-electron chi connectivity index (χ2n) is 3.08. The zero-order chi connectivity index (χ0) is 13.8. The van der Waals surface area contributed by atoms with Crippen LogP contribution in [0.15, 0.2) is 23.2 Å². The number of alkyl halides is 4. The van der Waals surface area contributed by atoms with Gasteiger partial charge in [-0.2, -0.15) is 5.26 Å². The second kappa shape index (κ2) is 5.60. The maximum Gasteiger partial charge on any atom is 0.573 e. The minimum Gasteiger partial charge on any atom is -0.406 e. The molecule has 0 aliphatic heterocycles. The Bertz CT molecular complexity index is 508. The molecule has 8 heteroatoms. The molecule has 0 fully saturated rings. The van der Waals surface area contributed by atoms with Crippen molar-refractivity contribution in [3.63, 3.8) is 0 Å². The molecule has 0 bridgehead atoms. The molecule has 1 rings (SSSR count). The maximum absolute atomic E-state index is 12.0. The van der Waals surface area contributed by atoms with Gasteiger partial charge >= 0.3 is 6.36 Å². The van der Waals surface area contributed by atoms with Gasteiger partial charge in [-0.25, -0.2) is 4.99 Å². The minimum atomic E-state index is -4.81. The monoisotopic (exact) mass is 277 g/mol. The fraction of sp³-hybridized carbons (Fsp3) is 0.200. The fourth-order valence-corrected chi connectivity index (χ4v) is 1.14. The summed E-state index contributed by atoms with van der Waals surface area (Å²) in [5, 5.41) is 8.77. The molecular formula is C10H7ClF3N3O. The van der Waals surface area contributed by atoms with Crippen LogP contribution < -0.4 is 10.5 Å². The Hall–Kier alpha value is -1.94. The molecule has 0 saturated carbocycles. The van der Waals surface area contributed by atoms with Gasteiger partial charge in [-0.05, 0) is 12.1 Å². The highest BCUT2D eigenvalue weighted by Gasteiger charge is 2.31. The normalized spacial score (nSPS) is 12.1. The number of nitriles is 1.